The van der Waals surface area contributed by atoms with Crippen molar-refractivity contribution in [1.82, 2.24) is 5.32 Å². The van der Waals surface area contributed by atoms with Gasteiger partial charge in [-0.2, -0.15) is 0 Å². The SMILES string of the molecule is C/C(=C\C=C(/C)[N+](=O)[O-])c1ccc(/C=C2\SC(=O)NC2=O)o1. The molecule has 2 heterocycles. The van der Waals surface area contributed by atoms with Gasteiger partial charge in [0, 0.05) is 19.1 Å². The summed E-state index contributed by atoms with van der Waals surface area (Å²) in [7, 11) is 0. The second kappa shape index (κ2) is 6.44. The Labute approximate surface area is 129 Å². The molecule has 22 heavy (non-hydrogen) atoms. The number of nitrogens with zero attached hydrogens (tertiary/aromatic N) is 1. The smallest absolute Gasteiger partial charge is 0.290 e. The number of carbonyl (C=O) groups excluding carboxylic acids is 2. The van der Waals surface area contributed by atoms with Gasteiger partial charge in [0.25, 0.3) is 11.1 Å². The number of rotatable bonds is 4. The Morgan fingerprint density at radius 2 is 2.05 bits per heavy atom. The molecule has 1 aromatic heterocycles. The lowest BCUT2D eigenvalue weighted by Crippen LogP contribution is -2.17. The first-order valence-electron chi connectivity index (χ1n) is 6.21. The van der Waals surface area contributed by atoms with Gasteiger partial charge in [0.2, 0.25) is 5.70 Å². The van der Waals surface area contributed by atoms with Gasteiger partial charge < -0.3 is 4.42 Å². The van der Waals surface area contributed by atoms with Crippen molar-refractivity contribution in [3.05, 3.63) is 56.5 Å². The molecule has 2 rings (SSSR count). The molecule has 7 nitrogen and oxygen atoms in total. The Balaban J connectivity index is 2.18. The number of amides is 2. The Kier molecular flexibility index (Phi) is 4.62. The van der Waals surface area contributed by atoms with Crippen LogP contribution >= 0.6 is 11.8 Å². The second-order valence-electron chi connectivity index (χ2n) is 4.47. The van der Waals surface area contributed by atoms with E-state index in [0.29, 0.717) is 17.1 Å². The fourth-order valence-corrected chi connectivity index (χ4v) is 2.24. The number of hydrogen-bond acceptors (Lipinski definition) is 6. The number of thioether (sulfide) groups is 1. The van der Waals surface area contributed by atoms with E-state index in [0.717, 1.165) is 11.8 Å². The summed E-state index contributed by atoms with van der Waals surface area (Å²) in [5.41, 5.74) is 0.719. The molecule has 0 radical (unpaired) electrons. The lowest BCUT2D eigenvalue weighted by Gasteiger charge is -1.94. The molecule has 114 valence electrons. The maximum Gasteiger partial charge on any atom is 0.290 e. The molecular weight excluding hydrogens is 308 g/mol. The zero-order valence-corrected chi connectivity index (χ0v) is 12.6. The molecule has 0 aliphatic carbocycles. The van der Waals surface area contributed by atoms with Crippen LogP contribution in [-0.4, -0.2) is 16.1 Å². The van der Waals surface area contributed by atoms with Gasteiger partial charge in [-0.15, -0.1) is 0 Å². The van der Waals surface area contributed by atoms with Crippen LogP contribution in [0.2, 0.25) is 0 Å². The van der Waals surface area contributed by atoms with Crippen molar-refractivity contribution in [2.75, 3.05) is 0 Å². The monoisotopic (exact) mass is 320 g/mol. The van der Waals surface area contributed by atoms with Crippen LogP contribution in [0.4, 0.5) is 4.79 Å². The largest absolute Gasteiger partial charge is 0.457 e. The van der Waals surface area contributed by atoms with E-state index in [4.69, 9.17) is 4.42 Å². The third kappa shape index (κ3) is 3.73. The Hall–Kier alpha value is -2.61. The molecule has 1 fully saturated rings. The Morgan fingerprint density at radius 1 is 1.32 bits per heavy atom. The predicted octanol–water partition coefficient (Wildman–Crippen LogP) is 3.19. The summed E-state index contributed by atoms with van der Waals surface area (Å²) in [4.78, 5) is 32.8. The van der Waals surface area contributed by atoms with E-state index < -0.39 is 16.1 Å². The van der Waals surface area contributed by atoms with Crippen LogP contribution < -0.4 is 5.32 Å². The van der Waals surface area contributed by atoms with Crippen molar-refractivity contribution >= 4 is 34.6 Å². The topological polar surface area (TPSA) is 102 Å². The van der Waals surface area contributed by atoms with Crippen molar-refractivity contribution in [3.8, 4) is 0 Å². The van der Waals surface area contributed by atoms with Gasteiger partial charge in [-0.1, -0.05) is 0 Å². The van der Waals surface area contributed by atoms with E-state index in [-0.39, 0.29) is 10.6 Å². The Morgan fingerprint density at radius 3 is 2.64 bits per heavy atom. The van der Waals surface area contributed by atoms with Gasteiger partial charge in [-0.25, -0.2) is 0 Å². The van der Waals surface area contributed by atoms with Crippen LogP contribution in [-0.2, 0) is 4.79 Å². The van der Waals surface area contributed by atoms with Crippen LogP contribution in [0.3, 0.4) is 0 Å². The molecule has 0 spiro atoms. The summed E-state index contributed by atoms with van der Waals surface area (Å²) in [5, 5.41) is 12.2. The number of nitrogens with one attached hydrogen (secondary N) is 1. The molecule has 0 aromatic carbocycles. The van der Waals surface area contributed by atoms with Crippen molar-refractivity contribution in [3.63, 3.8) is 0 Å². The van der Waals surface area contributed by atoms with E-state index in [1.54, 1.807) is 25.1 Å². The minimum atomic E-state index is -0.477. The lowest BCUT2D eigenvalue weighted by atomic mass is 10.2. The van der Waals surface area contributed by atoms with E-state index in [9.17, 15) is 19.7 Å². The summed E-state index contributed by atoms with van der Waals surface area (Å²) >= 11 is 0.806. The zero-order chi connectivity index (χ0) is 16.3. The summed E-state index contributed by atoms with van der Waals surface area (Å²) in [5.74, 6) is 0.490. The molecule has 1 aliphatic heterocycles. The molecule has 1 aromatic rings. The highest BCUT2D eigenvalue weighted by Gasteiger charge is 2.25. The van der Waals surface area contributed by atoms with Crippen molar-refractivity contribution in [1.29, 1.82) is 0 Å². The van der Waals surface area contributed by atoms with Gasteiger partial charge in [-0.3, -0.25) is 25.0 Å². The molecule has 0 unspecified atom stereocenters. The van der Waals surface area contributed by atoms with Gasteiger partial charge in [-0.05, 0) is 42.5 Å². The van der Waals surface area contributed by atoms with E-state index in [1.807, 2.05) is 0 Å². The fraction of sp³-hybridized carbons (Fsp3) is 0.143. The van der Waals surface area contributed by atoms with Gasteiger partial charge >= 0.3 is 0 Å². The average Bonchev–Trinajstić information content (AvgIpc) is 3.03. The molecule has 0 saturated carbocycles. The van der Waals surface area contributed by atoms with Crippen LogP contribution in [0, 0.1) is 10.1 Å². The standard InChI is InChI=1S/C14H12N2O5S/c1-8(3-4-9(2)16(19)20)11-6-5-10(21-11)7-12-13(17)15-14(18)22-12/h3-7H,1-2H3,(H,15,17,18)/b8-3+,9-4+,12-7-. The lowest BCUT2D eigenvalue weighted by molar-refractivity contribution is -0.424. The third-order valence-electron chi connectivity index (χ3n) is 2.79. The first-order valence-corrected chi connectivity index (χ1v) is 7.03. The van der Waals surface area contributed by atoms with Crippen LogP contribution in [0.5, 0.6) is 0 Å². The molecule has 1 aliphatic rings. The normalized spacial score (nSPS) is 18.0. The minimum Gasteiger partial charge on any atom is -0.457 e. The van der Waals surface area contributed by atoms with Crippen molar-refractivity contribution in [2.24, 2.45) is 0 Å². The maximum atomic E-state index is 11.4. The van der Waals surface area contributed by atoms with E-state index >= 15 is 0 Å². The number of allylic oxidation sites excluding steroid dienone is 4. The highest BCUT2D eigenvalue weighted by atomic mass is 32.2. The first-order chi connectivity index (χ1) is 10.4. The molecule has 2 amide bonds. The molecule has 1 saturated heterocycles. The number of nitro groups is 1. The van der Waals surface area contributed by atoms with Crippen molar-refractivity contribution in [2.45, 2.75) is 13.8 Å². The van der Waals surface area contributed by atoms with Crippen LogP contribution in [0.1, 0.15) is 25.4 Å². The van der Waals surface area contributed by atoms with Crippen LogP contribution in [0.15, 0.2) is 39.3 Å². The minimum absolute atomic E-state index is 0.0192. The third-order valence-corrected chi connectivity index (χ3v) is 3.60. The average molecular weight is 320 g/mol. The molecule has 0 atom stereocenters. The summed E-state index contributed by atoms with van der Waals surface area (Å²) in [6.07, 6.45) is 4.43. The highest BCUT2D eigenvalue weighted by molar-refractivity contribution is 8.18. The second-order valence-corrected chi connectivity index (χ2v) is 5.48. The quantitative estimate of drug-likeness (QED) is 0.395. The van der Waals surface area contributed by atoms with Gasteiger partial charge in [0.05, 0.1) is 9.83 Å². The first kappa shape index (κ1) is 15.8. The fourth-order valence-electron chi connectivity index (χ4n) is 1.58. The number of hydrogen-bond donors (Lipinski definition) is 1. The molecule has 0 bridgehead atoms. The molecule has 1 N–H and O–H groups in total. The van der Waals surface area contributed by atoms with E-state index in [1.165, 1.54) is 19.1 Å². The van der Waals surface area contributed by atoms with Gasteiger partial charge in [0.1, 0.15) is 11.5 Å². The number of imide groups is 1. The summed E-state index contributed by atoms with van der Waals surface area (Å²) in [6.45, 7) is 3.15. The molecular formula is C14H12N2O5S. The number of furan rings is 1. The van der Waals surface area contributed by atoms with E-state index in [2.05, 4.69) is 5.32 Å². The molecule has 8 heteroatoms. The van der Waals surface area contributed by atoms with Crippen molar-refractivity contribution < 1.29 is 18.9 Å². The highest BCUT2D eigenvalue weighted by Crippen LogP contribution is 2.27. The van der Waals surface area contributed by atoms with Gasteiger partial charge in [0.15, 0.2) is 0 Å². The summed E-state index contributed by atoms with van der Waals surface area (Å²) in [6, 6.07) is 3.34. The summed E-state index contributed by atoms with van der Waals surface area (Å²) < 4.78 is 5.54. The maximum absolute atomic E-state index is 11.4. The number of carbonyl (C=O) groups is 2. The Bertz CT molecular complexity index is 742. The predicted molar refractivity (Wildman–Crippen MR) is 82.2 cm³/mol. The zero-order valence-electron chi connectivity index (χ0n) is 11.8. The van der Waals surface area contributed by atoms with Crippen LogP contribution in [0.25, 0.3) is 11.6 Å².